The van der Waals surface area contributed by atoms with E-state index in [1.54, 1.807) is 24.7 Å². The van der Waals surface area contributed by atoms with Crippen LogP contribution in [0.25, 0.3) is 44.2 Å². The predicted octanol–water partition coefficient (Wildman–Crippen LogP) is 4.61. The minimum Gasteiger partial charge on any atom is -0.493 e. The molecule has 0 saturated carbocycles. The maximum absolute atomic E-state index is 9.51. The van der Waals surface area contributed by atoms with Crippen molar-refractivity contribution in [2.45, 2.75) is 0 Å². The lowest BCUT2D eigenvalue weighted by atomic mass is 9.98. The third-order valence-corrected chi connectivity index (χ3v) is 4.59. The largest absolute Gasteiger partial charge is 0.493 e. The number of fused-ring (bicyclic) bond motifs is 2. The molecule has 0 radical (unpaired) electrons. The van der Waals surface area contributed by atoms with Crippen LogP contribution >= 0.6 is 0 Å². The van der Waals surface area contributed by atoms with Gasteiger partial charge in [-0.1, -0.05) is 6.07 Å². The maximum atomic E-state index is 9.51. The average molecular weight is 350 g/mol. The van der Waals surface area contributed by atoms with Gasteiger partial charge >= 0.3 is 0 Å². The molecule has 5 rings (SSSR count). The summed E-state index contributed by atoms with van der Waals surface area (Å²) in [7, 11) is 0. The second-order valence-electron chi connectivity index (χ2n) is 6.27. The van der Waals surface area contributed by atoms with Crippen molar-refractivity contribution < 1.29 is 5.11 Å². The van der Waals surface area contributed by atoms with Crippen molar-refractivity contribution in [2.24, 2.45) is 0 Å². The van der Waals surface area contributed by atoms with Crippen LogP contribution in [0.3, 0.4) is 0 Å². The Morgan fingerprint density at radius 3 is 2.48 bits per heavy atom. The van der Waals surface area contributed by atoms with E-state index in [1.165, 1.54) is 0 Å². The van der Waals surface area contributed by atoms with E-state index in [1.807, 2.05) is 48.7 Å². The Morgan fingerprint density at radius 1 is 0.704 bits per heavy atom. The van der Waals surface area contributed by atoms with Crippen molar-refractivity contribution in [3.63, 3.8) is 0 Å². The van der Waals surface area contributed by atoms with E-state index in [4.69, 9.17) is 0 Å². The molecule has 0 saturated heterocycles. The van der Waals surface area contributed by atoms with E-state index in [-0.39, 0.29) is 5.88 Å². The van der Waals surface area contributed by atoms with Gasteiger partial charge in [0.2, 0.25) is 5.88 Å². The zero-order chi connectivity index (χ0) is 18.2. The van der Waals surface area contributed by atoms with Gasteiger partial charge in [-0.3, -0.25) is 9.97 Å². The number of benzene rings is 1. The standard InChI is InChI=1S/C22H14N4O/c27-21-4-2-16-11-17(13-25-22(16)26-21)15-1-3-20-19(12-15)18(7-10-24-20)14-5-8-23-9-6-14/h1-13H,(H,25,26,27). The molecule has 0 aliphatic carbocycles. The van der Waals surface area contributed by atoms with E-state index in [0.717, 1.165) is 38.5 Å². The molecule has 1 aromatic carbocycles. The quantitative estimate of drug-likeness (QED) is 0.503. The Hall–Kier alpha value is -3.86. The summed E-state index contributed by atoms with van der Waals surface area (Å²) < 4.78 is 0. The highest BCUT2D eigenvalue weighted by molar-refractivity contribution is 5.97. The van der Waals surface area contributed by atoms with E-state index in [9.17, 15) is 5.11 Å². The molecule has 5 nitrogen and oxygen atoms in total. The molecule has 0 spiro atoms. The molecular formula is C22H14N4O. The van der Waals surface area contributed by atoms with Crippen LogP contribution in [0.5, 0.6) is 5.88 Å². The van der Waals surface area contributed by atoms with E-state index in [2.05, 4.69) is 26.0 Å². The molecule has 1 N–H and O–H groups in total. The lowest BCUT2D eigenvalue weighted by Gasteiger charge is -2.09. The van der Waals surface area contributed by atoms with Crippen molar-refractivity contribution in [2.75, 3.05) is 0 Å². The normalized spacial score (nSPS) is 11.1. The SMILES string of the molecule is Oc1ccc2cc(-c3ccc4nccc(-c5ccncc5)c4c3)cnc2n1. The Labute approximate surface area is 155 Å². The third kappa shape index (κ3) is 2.75. The number of pyridine rings is 4. The van der Waals surface area contributed by atoms with Gasteiger partial charge in [-0.15, -0.1) is 0 Å². The van der Waals surface area contributed by atoms with Gasteiger partial charge in [-0.05, 0) is 59.2 Å². The molecule has 0 aliphatic rings. The Bertz CT molecular complexity index is 1290. The number of hydrogen-bond acceptors (Lipinski definition) is 5. The van der Waals surface area contributed by atoms with Crippen molar-refractivity contribution >= 4 is 21.9 Å². The van der Waals surface area contributed by atoms with Gasteiger partial charge in [0.1, 0.15) is 0 Å². The fourth-order valence-corrected chi connectivity index (χ4v) is 3.27. The molecular weight excluding hydrogens is 336 g/mol. The molecule has 5 aromatic rings. The lowest BCUT2D eigenvalue weighted by molar-refractivity contribution is 0.455. The predicted molar refractivity (Wildman–Crippen MR) is 105 cm³/mol. The van der Waals surface area contributed by atoms with Crippen LogP contribution in [0.4, 0.5) is 0 Å². The highest BCUT2D eigenvalue weighted by atomic mass is 16.3. The van der Waals surface area contributed by atoms with E-state index >= 15 is 0 Å². The summed E-state index contributed by atoms with van der Waals surface area (Å²) in [5, 5.41) is 11.5. The number of hydrogen-bond donors (Lipinski definition) is 1. The van der Waals surface area contributed by atoms with Crippen LogP contribution < -0.4 is 0 Å². The fraction of sp³-hybridized carbons (Fsp3) is 0. The summed E-state index contributed by atoms with van der Waals surface area (Å²) in [4.78, 5) is 17.0. The topological polar surface area (TPSA) is 71.8 Å². The van der Waals surface area contributed by atoms with Crippen LogP contribution in [0.15, 0.2) is 79.4 Å². The van der Waals surface area contributed by atoms with Gasteiger partial charge in [-0.25, -0.2) is 4.98 Å². The number of rotatable bonds is 2. The highest BCUT2D eigenvalue weighted by Gasteiger charge is 2.08. The molecule has 27 heavy (non-hydrogen) atoms. The highest BCUT2D eigenvalue weighted by Crippen LogP contribution is 2.31. The van der Waals surface area contributed by atoms with Crippen molar-refractivity contribution in [1.29, 1.82) is 0 Å². The van der Waals surface area contributed by atoms with Crippen molar-refractivity contribution in [1.82, 2.24) is 19.9 Å². The summed E-state index contributed by atoms with van der Waals surface area (Å²) in [5.74, 6) is -0.0264. The summed E-state index contributed by atoms with van der Waals surface area (Å²) in [6.45, 7) is 0. The molecule has 0 aliphatic heterocycles. The molecule has 5 heteroatoms. The molecule has 0 atom stereocenters. The molecule has 128 valence electrons. The molecule has 4 heterocycles. The first kappa shape index (κ1) is 15.4. The van der Waals surface area contributed by atoms with Gasteiger partial charge < -0.3 is 5.11 Å². The maximum Gasteiger partial charge on any atom is 0.212 e. The molecule has 0 bridgehead atoms. The first-order chi connectivity index (χ1) is 13.3. The second-order valence-corrected chi connectivity index (χ2v) is 6.27. The second kappa shape index (κ2) is 6.14. The van der Waals surface area contributed by atoms with E-state index in [0.29, 0.717) is 5.65 Å². The van der Waals surface area contributed by atoms with Crippen LogP contribution in [-0.2, 0) is 0 Å². The smallest absolute Gasteiger partial charge is 0.212 e. The molecule has 0 amide bonds. The lowest BCUT2D eigenvalue weighted by Crippen LogP contribution is -1.88. The fourth-order valence-electron chi connectivity index (χ4n) is 3.27. The monoisotopic (exact) mass is 350 g/mol. The summed E-state index contributed by atoms with van der Waals surface area (Å²) in [6, 6.07) is 17.6. The number of aromatic nitrogens is 4. The first-order valence-corrected chi connectivity index (χ1v) is 8.53. The molecule has 0 unspecified atom stereocenters. The Balaban J connectivity index is 1.69. The molecule has 4 aromatic heterocycles. The van der Waals surface area contributed by atoms with E-state index < -0.39 is 0 Å². The average Bonchev–Trinajstić information content (AvgIpc) is 2.73. The first-order valence-electron chi connectivity index (χ1n) is 8.53. The summed E-state index contributed by atoms with van der Waals surface area (Å²) >= 11 is 0. The summed E-state index contributed by atoms with van der Waals surface area (Å²) in [5.41, 5.74) is 5.72. The molecule has 0 fully saturated rings. The van der Waals surface area contributed by atoms with Crippen molar-refractivity contribution in [3.05, 3.63) is 79.4 Å². The minimum atomic E-state index is -0.0264. The van der Waals surface area contributed by atoms with Crippen LogP contribution in [0.1, 0.15) is 0 Å². The van der Waals surface area contributed by atoms with Crippen LogP contribution in [0, 0.1) is 0 Å². The van der Waals surface area contributed by atoms with Gasteiger partial charge in [-0.2, -0.15) is 4.98 Å². The Morgan fingerprint density at radius 2 is 1.59 bits per heavy atom. The van der Waals surface area contributed by atoms with Gasteiger partial charge in [0.05, 0.1) is 5.52 Å². The minimum absolute atomic E-state index is 0.0264. The zero-order valence-electron chi connectivity index (χ0n) is 14.2. The van der Waals surface area contributed by atoms with Crippen LogP contribution in [0.2, 0.25) is 0 Å². The van der Waals surface area contributed by atoms with Gasteiger partial charge in [0.15, 0.2) is 5.65 Å². The van der Waals surface area contributed by atoms with Gasteiger partial charge in [0, 0.05) is 47.2 Å². The van der Waals surface area contributed by atoms with Gasteiger partial charge in [0.25, 0.3) is 0 Å². The third-order valence-electron chi connectivity index (χ3n) is 4.59. The van der Waals surface area contributed by atoms with Crippen LogP contribution in [-0.4, -0.2) is 25.0 Å². The number of nitrogens with zero attached hydrogens (tertiary/aromatic N) is 4. The van der Waals surface area contributed by atoms with Crippen molar-refractivity contribution in [3.8, 4) is 28.1 Å². The summed E-state index contributed by atoms with van der Waals surface area (Å²) in [6.07, 6.45) is 7.19. The number of aromatic hydroxyl groups is 1. The Kier molecular flexibility index (Phi) is 3.50. The zero-order valence-corrected chi connectivity index (χ0v) is 14.2.